The summed E-state index contributed by atoms with van der Waals surface area (Å²) < 4.78 is 0. The van der Waals surface area contributed by atoms with Gasteiger partial charge < -0.3 is 10.6 Å². The molecular weight excluding hydrogens is 220 g/mol. The fourth-order valence-corrected chi connectivity index (χ4v) is 2.62. The first-order valence-corrected chi connectivity index (χ1v) is 6.43. The number of rotatable bonds is 1. The van der Waals surface area contributed by atoms with E-state index in [1.165, 1.54) is 22.5 Å². The monoisotopic (exact) mass is 238 g/mol. The number of para-hydroxylation sites is 1. The van der Waals surface area contributed by atoms with E-state index >= 15 is 0 Å². The van der Waals surface area contributed by atoms with Crippen molar-refractivity contribution in [3.63, 3.8) is 0 Å². The summed E-state index contributed by atoms with van der Waals surface area (Å²) in [6.45, 7) is 4.36. The summed E-state index contributed by atoms with van der Waals surface area (Å²) in [5.74, 6) is 0. The molecule has 0 spiro atoms. The van der Waals surface area contributed by atoms with E-state index in [1.807, 2.05) is 0 Å². The molecule has 2 aromatic rings. The van der Waals surface area contributed by atoms with Crippen LogP contribution in [0.5, 0.6) is 0 Å². The van der Waals surface area contributed by atoms with Crippen molar-refractivity contribution in [2.24, 2.45) is 0 Å². The van der Waals surface area contributed by atoms with Gasteiger partial charge in [-0.25, -0.2) is 0 Å². The lowest BCUT2D eigenvalue weighted by molar-refractivity contribution is 0.649. The second kappa shape index (κ2) is 4.37. The third-order valence-corrected chi connectivity index (χ3v) is 3.61. The summed E-state index contributed by atoms with van der Waals surface area (Å²) in [6, 6.07) is 17.7. The van der Waals surface area contributed by atoms with Crippen molar-refractivity contribution in [1.29, 1.82) is 0 Å². The van der Waals surface area contributed by atoms with E-state index in [0.717, 1.165) is 0 Å². The first-order chi connectivity index (χ1) is 8.75. The molecule has 0 aromatic heterocycles. The largest absolute Gasteiger partial charge is 0.378 e. The predicted octanol–water partition coefficient (Wildman–Crippen LogP) is 3.96. The number of hydrogen-bond acceptors (Lipinski definition) is 2. The molecule has 92 valence electrons. The van der Waals surface area contributed by atoms with Crippen LogP contribution in [0.3, 0.4) is 0 Å². The third kappa shape index (κ3) is 1.84. The highest BCUT2D eigenvalue weighted by Crippen LogP contribution is 2.36. The Morgan fingerprint density at radius 1 is 0.889 bits per heavy atom. The Labute approximate surface area is 108 Å². The summed E-state index contributed by atoms with van der Waals surface area (Å²) in [6.07, 6.45) is 0. The molecular formula is C16H18N2. The molecule has 1 aliphatic rings. The van der Waals surface area contributed by atoms with E-state index in [-0.39, 0.29) is 0 Å². The Balaban J connectivity index is 1.98. The fourth-order valence-electron chi connectivity index (χ4n) is 2.62. The molecule has 3 rings (SSSR count). The first kappa shape index (κ1) is 11.1. The van der Waals surface area contributed by atoms with E-state index < -0.39 is 0 Å². The maximum absolute atomic E-state index is 3.64. The van der Waals surface area contributed by atoms with Gasteiger partial charge in [0.15, 0.2) is 0 Å². The van der Waals surface area contributed by atoms with Crippen molar-refractivity contribution in [2.45, 2.75) is 25.9 Å². The maximum Gasteiger partial charge on any atom is 0.0713 e. The summed E-state index contributed by atoms with van der Waals surface area (Å²) in [5.41, 5.74) is 5.04. The number of aryl methyl sites for hydroxylation is 1. The smallest absolute Gasteiger partial charge is 0.0713 e. The van der Waals surface area contributed by atoms with Crippen molar-refractivity contribution in [1.82, 2.24) is 0 Å². The summed E-state index contributed by atoms with van der Waals surface area (Å²) >= 11 is 0. The van der Waals surface area contributed by atoms with Crippen molar-refractivity contribution in [3.8, 4) is 0 Å². The summed E-state index contributed by atoms with van der Waals surface area (Å²) in [5, 5.41) is 7.26. The van der Waals surface area contributed by atoms with Gasteiger partial charge in [-0.1, -0.05) is 42.5 Å². The second-order valence-corrected chi connectivity index (χ2v) is 4.96. The molecule has 0 aliphatic carbocycles. The molecule has 2 heteroatoms. The quantitative estimate of drug-likeness (QED) is 0.785. The fraction of sp³-hybridized carbons (Fsp3) is 0.250. The Bertz CT molecular complexity index is 548. The minimum absolute atomic E-state index is 0.320. The van der Waals surface area contributed by atoms with E-state index in [0.29, 0.717) is 12.1 Å². The molecule has 1 heterocycles. The highest BCUT2D eigenvalue weighted by atomic mass is 15.1. The molecule has 2 atom stereocenters. The maximum atomic E-state index is 3.64. The lowest BCUT2D eigenvalue weighted by Crippen LogP contribution is -2.34. The molecule has 2 nitrogen and oxygen atoms in total. The SMILES string of the molecule is Cc1cccc2c1N[C@@H](C)[C@@H](c1ccccc1)N2. The van der Waals surface area contributed by atoms with Gasteiger partial charge in [0.2, 0.25) is 0 Å². The number of fused-ring (bicyclic) bond motifs is 1. The van der Waals surface area contributed by atoms with Crippen LogP contribution in [-0.2, 0) is 0 Å². The Morgan fingerprint density at radius 2 is 1.67 bits per heavy atom. The zero-order valence-corrected chi connectivity index (χ0v) is 10.8. The average molecular weight is 238 g/mol. The summed E-state index contributed by atoms with van der Waals surface area (Å²) in [4.78, 5) is 0. The van der Waals surface area contributed by atoms with E-state index in [2.05, 4.69) is 73.0 Å². The van der Waals surface area contributed by atoms with Crippen molar-refractivity contribution < 1.29 is 0 Å². The molecule has 0 fully saturated rings. The molecule has 1 aliphatic heterocycles. The minimum atomic E-state index is 0.320. The first-order valence-electron chi connectivity index (χ1n) is 6.43. The highest BCUT2D eigenvalue weighted by Gasteiger charge is 2.25. The zero-order chi connectivity index (χ0) is 12.5. The number of hydrogen-bond donors (Lipinski definition) is 2. The lowest BCUT2D eigenvalue weighted by atomic mass is 9.96. The van der Waals surface area contributed by atoms with Gasteiger partial charge >= 0.3 is 0 Å². The second-order valence-electron chi connectivity index (χ2n) is 4.96. The van der Waals surface area contributed by atoms with Gasteiger partial charge in [0.1, 0.15) is 0 Å². The molecule has 0 amide bonds. The van der Waals surface area contributed by atoms with Gasteiger partial charge in [0, 0.05) is 6.04 Å². The van der Waals surface area contributed by atoms with Gasteiger partial charge in [-0.15, -0.1) is 0 Å². The number of anilines is 2. The molecule has 18 heavy (non-hydrogen) atoms. The molecule has 0 unspecified atom stereocenters. The lowest BCUT2D eigenvalue weighted by Gasteiger charge is -2.35. The van der Waals surface area contributed by atoms with E-state index in [9.17, 15) is 0 Å². The van der Waals surface area contributed by atoms with Crippen LogP contribution in [0.15, 0.2) is 48.5 Å². The van der Waals surface area contributed by atoms with Gasteiger partial charge in [0.25, 0.3) is 0 Å². The van der Waals surface area contributed by atoms with Crippen molar-refractivity contribution in [2.75, 3.05) is 10.6 Å². The molecule has 0 saturated carbocycles. The third-order valence-electron chi connectivity index (χ3n) is 3.61. The van der Waals surface area contributed by atoms with Gasteiger partial charge in [-0.2, -0.15) is 0 Å². The highest BCUT2D eigenvalue weighted by molar-refractivity contribution is 5.75. The Kier molecular flexibility index (Phi) is 2.71. The summed E-state index contributed by atoms with van der Waals surface area (Å²) in [7, 11) is 0. The van der Waals surface area contributed by atoms with Crippen LogP contribution in [0.4, 0.5) is 11.4 Å². The molecule has 0 saturated heterocycles. The van der Waals surface area contributed by atoms with Crippen molar-refractivity contribution >= 4 is 11.4 Å². The number of benzene rings is 2. The van der Waals surface area contributed by atoms with Crippen molar-refractivity contribution in [3.05, 3.63) is 59.7 Å². The number of nitrogens with one attached hydrogen (secondary N) is 2. The van der Waals surface area contributed by atoms with E-state index in [1.54, 1.807) is 0 Å². The van der Waals surface area contributed by atoms with Crippen LogP contribution in [0.1, 0.15) is 24.1 Å². The van der Waals surface area contributed by atoms with Crippen LogP contribution in [0.2, 0.25) is 0 Å². The van der Waals surface area contributed by atoms with Gasteiger partial charge in [-0.3, -0.25) is 0 Å². The van der Waals surface area contributed by atoms with Crippen LogP contribution in [-0.4, -0.2) is 6.04 Å². The Hall–Kier alpha value is -1.96. The Morgan fingerprint density at radius 3 is 2.44 bits per heavy atom. The predicted molar refractivity (Wildman–Crippen MR) is 77.1 cm³/mol. The minimum Gasteiger partial charge on any atom is -0.378 e. The van der Waals surface area contributed by atoms with Gasteiger partial charge in [-0.05, 0) is 31.0 Å². The molecule has 0 radical (unpaired) electrons. The van der Waals surface area contributed by atoms with E-state index in [4.69, 9.17) is 0 Å². The average Bonchev–Trinajstić information content (AvgIpc) is 2.40. The topological polar surface area (TPSA) is 24.1 Å². The van der Waals surface area contributed by atoms with Crippen LogP contribution < -0.4 is 10.6 Å². The van der Waals surface area contributed by atoms with Gasteiger partial charge in [0.05, 0.1) is 17.4 Å². The normalized spacial score (nSPS) is 21.7. The van der Waals surface area contributed by atoms with Crippen LogP contribution in [0, 0.1) is 6.92 Å². The molecule has 2 N–H and O–H groups in total. The molecule has 0 bridgehead atoms. The van der Waals surface area contributed by atoms with Crippen LogP contribution in [0.25, 0.3) is 0 Å². The molecule has 2 aromatic carbocycles. The standard InChI is InChI=1S/C16H18N2/c1-11-7-6-10-14-15(11)17-12(2)16(18-14)13-8-4-3-5-9-13/h3-10,12,16-18H,1-2H3/t12-,16-/m0/s1. The van der Waals surface area contributed by atoms with Crippen LogP contribution >= 0.6 is 0 Å². The zero-order valence-electron chi connectivity index (χ0n) is 10.8.